The van der Waals surface area contributed by atoms with E-state index in [-0.39, 0.29) is 30.1 Å². The van der Waals surface area contributed by atoms with Crippen LogP contribution in [0, 0.1) is 5.82 Å². The van der Waals surface area contributed by atoms with Crippen molar-refractivity contribution < 1.29 is 23.5 Å². The molecule has 1 N–H and O–H groups in total. The van der Waals surface area contributed by atoms with Crippen molar-refractivity contribution in [3.05, 3.63) is 59.9 Å². The fourth-order valence-corrected chi connectivity index (χ4v) is 2.82. The first-order valence-corrected chi connectivity index (χ1v) is 8.94. The first-order chi connectivity index (χ1) is 12.5. The molecule has 2 aromatic carbocycles. The highest BCUT2D eigenvalue weighted by Crippen LogP contribution is 2.21. The molecule has 5 nitrogen and oxygen atoms in total. The number of anilines is 1. The van der Waals surface area contributed by atoms with Crippen molar-refractivity contribution in [2.45, 2.75) is 18.2 Å². The first kappa shape index (κ1) is 19.7. The molecule has 2 rings (SSSR count). The lowest BCUT2D eigenvalue weighted by atomic mass is 10.2. The van der Waals surface area contributed by atoms with E-state index in [1.165, 1.54) is 30.0 Å². The van der Waals surface area contributed by atoms with E-state index in [0.717, 1.165) is 4.90 Å². The van der Waals surface area contributed by atoms with Crippen LogP contribution in [0.5, 0.6) is 0 Å². The number of Topliss-reactive ketones (excluding diaryl/α,β-unsaturated/α-hetero) is 1. The molecule has 7 heteroatoms. The molecular formula is C19H18FNO4S. The molecule has 0 spiro atoms. The van der Waals surface area contributed by atoms with Crippen LogP contribution in [0.2, 0.25) is 0 Å². The number of benzene rings is 2. The van der Waals surface area contributed by atoms with Crippen LogP contribution in [-0.4, -0.2) is 30.0 Å². The molecule has 0 saturated carbocycles. The van der Waals surface area contributed by atoms with E-state index in [2.05, 4.69) is 5.32 Å². The predicted molar refractivity (Wildman–Crippen MR) is 97.8 cm³/mol. The minimum Gasteiger partial charge on any atom is -0.466 e. The van der Waals surface area contributed by atoms with Gasteiger partial charge in [-0.25, -0.2) is 4.39 Å². The lowest BCUT2D eigenvalue weighted by Gasteiger charge is -2.07. The molecular weight excluding hydrogens is 357 g/mol. The maximum Gasteiger partial charge on any atom is 0.313 e. The minimum atomic E-state index is -0.586. The van der Waals surface area contributed by atoms with Gasteiger partial charge >= 0.3 is 5.97 Å². The highest BCUT2D eigenvalue weighted by atomic mass is 32.2. The van der Waals surface area contributed by atoms with Gasteiger partial charge in [-0.3, -0.25) is 14.4 Å². The highest BCUT2D eigenvalue weighted by molar-refractivity contribution is 8.00. The number of hydrogen-bond donors (Lipinski definition) is 1. The number of esters is 1. The van der Waals surface area contributed by atoms with Crippen molar-refractivity contribution in [2.24, 2.45) is 0 Å². The third-order valence-electron chi connectivity index (χ3n) is 3.28. The monoisotopic (exact) mass is 375 g/mol. The van der Waals surface area contributed by atoms with Gasteiger partial charge in [-0.2, -0.15) is 0 Å². The van der Waals surface area contributed by atoms with E-state index in [1.807, 2.05) is 0 Å². The van der Waals surface area contributed by atoms with Gasteiger partial charge in [-0.05, 0) is 43.3 Å². The van der Waals surface area contributed by atoms with Gasteiger partial charge in [0.25, 0.3) is 5.91 Å². The van der Waals surface area contributed by atoms with Gasteiger partial charge in [-0.15, -0.1) is 11.8 Å². The Morgan fingerprint density at radius 3 is 2.42 bits per heavy atom. The second kappa shape index (κ2) is 9.72. The van der Waals surface area contributed by atoms with Gasteiger partial charge in [0.1, 0.15) is 12.2 Å². The summed E-state index contributed by atoms with van der Waals surface area (Å²) in [6, 6.07) is 12.5. The van der Waals surface area contributed by atoms with Crippen LogP contribution in [0.3, 0.4) is 0 Å². The molecule has 0 aliphatic carbocycles. The van der Waals surface area contributed by atoms with E-state index in [0.29, 0.717) is 5.69 Å². The molecule has 136 valence electrons. The molecule has 1 amide bonds. The van der Waals surface area contributed by atoms with Gasteiger partial charge in [0.2, 0.25) is 0 Å². The Morgan fingerprint density at radius 2 is 1.77 bits per heavy atom. The third kappa shape index (κ3) is 6.00. The average Bonchev–Trinajstić information content (AvgIpc) is 2.61. The largest absolute Gasteiger partial charge is 0.466 e. The molecule has 0 heterocycles. The van der Waals surface area contributed by atoms with Crippen LogP contribution < -0.4 is 5.32 Å². The molecule has 0 aromatic heterocycles. The molecule has 0 bridgehead atoms. The van der Waals surface area contributed by atoms with Crippen LogP contribution in [-0.2, 0) is 14.3 Å². The van der Waals surface area contributed by atoms with Gasteiger partial charge in [-0.1, -0.05) is 12.1 Å². The van der Waals surface area contributed by atoms with Crippen molar-refractivity contribution >= 4 is 35.1 Å². The zero-order valence-electron chi connectivity index (χ0n) is 14.2. The molecule has 0 saturated heterocycles. The van der Waals surface area contributed by atoms with Crippen molar-refractivity contribution in [3.8, 4) is 0 Å². The molecule has 0 unspecified atom stereocenters. The summed E-state index contributed by atoms with van der Waals surface area (Å²) >= 11 is 1.28. The Hall–Kier alpha value is -2.67. The molecule has 26 heavy (non-hydrogen) atoms. The Kier molecular flexibility index (Phi) is 7.35. The number of ether oxygens (including phenoxy) is 1. The summed E-state index contributed by atoms with van der Waals surface area (Å²) in [6.07, 6.45) is -0.238. The van der Waals surface area contributed by atoms with E-state index in [4.69, 9.17) is 4.74 Å². The van der Waals surface area contributed by atoms with E-state index in [9.17, 15) is 18.8 Å². The summed E-state index contributed by atoms with van der Waals surface area (Å²) in [5.74, 6) is -1.71. The normalized spacial score (nSPS) is 10.2. The quantitative estimate of drug-likeness (QED) is 0.433. The summed E-state index contributed by atoms with van der Waals surface area (Å²) in [7, 11) is 0. The molecule has 0 radical (unpaired) electrons. The third-order valence-corrected chi connectivity index (χ3v) is 4.35. The summed E-state index contributed by atoms with van der Waals surface area (Å²) in [6.45, 7) is 1.93. The highest BCUT2D eigenvalue weighted by Gasteiger charge is 2.12. The van der Waals surface area contributed by atoms with E-state index < -0.39 is 17.7 Å². The van der Waals surface area contributed by atoms with Gasteiger partial charge in [0.15, 0.2) is 5.78 Å². The van der Waals surface area contributed by atoms with Gasteiger partial charge < -0.3 is 10.1 Å². The standard InChI is InChI=1S/C19H18FNO4S/c1-2-25-18(23)11-14(22)12-26-15-9-7-13(8-10-15)21-19(24)16-5-3-4-6-17(16)20/h3-10H,2,11-12H2,1H3,(H,21,24). The first-order valence-electron chi connectivity index (χ1n) is 7.95. The van der Waals surface area contributed by atoms with Crippen molar-refractivity contribution in [1.29, 1.82) is 0 Å². The molecule has 0 fully saturated rings. The number of hydrogen-bond acceptors (Lipinski definition) is 5. The second-order valence-corrected chi connectivity index (χ2v) is 6.32. The maximum absolute atomic E-state index is 13.6. The van der Waals surface area contributed by atoms with Gasteiger partial charge in [0.05, 0.1) is 17.9 Å². The van der Waals surface area contributed by atoms with E-state index >= 15 is 0 Å². The van der Waals surface area contributed by atoms with Crippen LogP contribution in [0.15, 0.2) is 53.4 Å². The van der Waals surface area contributed by atoms with Gasteiger partial charge in [0, 0.05) is 10.6 Å². The number of carbonyl (C=O) groups excluding carboxylic acids is 3. The van der Waals surface area contributed by atoms with Crippen LogP contribution >= 0.6 is 11.8 Å². The fourth-order valence-electron chi connectivity index (χ4n) is 2.07. The van der Waals surface area contributed by atoms with Crippen molar-refractivity contribution in [3.63, 3.8) is 0 Å². The number of ketones is 1. The number of amides is 1. The summed E-state index contributed by atoms with van der Waals surface area (Å²) in [4.78, 5) is 35.8. The Labute approximate surface area is 154 Å². The second-order valence-electron chi connectivity index (χ2n) is 5.27. The van der Waals surface area contributed by atoms with Crippen LogP contribution in [0.25, 0.3) is 0 Å². The van der Waals surface area contributed by atoms with E-state index in [1.54, 1.807) is 37.3 Å². The maximum atomic E-state index is 13.6. The zero-order valence-corrected chi connectivity index (χ0v) is 15.0. The Balaban J connectivity index is 1.86. The summed E-state index contributed by atoms with van der Waals surface area (Å²) < 4.78 is 18.3. The lowest BCUT2D eigenvalue weighted by Crippen LogP contribution is -2.13. The molecule has 0 atom stereocenters. The SMILES string of the molecule is CCOC(=O)CC(=O)CSc1ccc(NC(=O)c2ccccc2F)cc1. The number of carbonyl (C=O) groups is 3. The number of rotatable bonds is 8. The van der Waals surface area contributed by atoms with Crippen molar-refractivity contribution in [2.75, 3.05) is 17.7 Å². The molecule has 2 aromatic rings. The summed E-state index contributed by atoms with van der Waals surface area (Å²) in [5.41, 5.74) is 0.482. The number of thioether (sulfide) groups is 1. The minimum absolute atomic E-state index is 0.0319. The topological polar surface area (TPSA) is 72.5 Å². The lowest BCUT2D eigenvalue weighted by molar-refractivity contribution is -0.145. The van der Waals surface area contributed by atoms with Crippen molar-refractivity contribution in [1.82, 2.24) is 0 Å². The Morgan fingerprint density at radius 1 is 1.08 bits per heavy atom. The average molecular weight is 375 g/mol. The predicted octanol–water partition coefficient (Wildman–Crippen LogP) is 3.69. The number of halogens is 1. The fraction of sp³-hybridized carbons (Fsp3) is 0.211. The number of nitrogens with one attached hydrogen (secondary N) is 1. The Bertz CT molecular complexity index is 792. The molecule has 0 aliphatic rings. The van der Waals surface area contributed by atoms with Crippen LogP contribution in [0.4, 0.5) is 10.1 Å². The summed E-state index contributed by atoms with van der Waals surface area (Å²) in [5, 5.41) is 2.61. The zero-order chi connectivity index (χ0) is 18.9. The smallest absolute Gasteiger partial charge is 0.313 e. The molecule has 0 aliphatic heterocycles. The van der Waals surface area contributed by atoms with Crippen LogP contribution in [0.1, 0.15) is 23.7 Å².